The van der Waals surface area contributed by atoms with Gasteiger partial charge in [0.2, 0.25) is 5.75 Å². The Labute approximate surface area is 64.6 Å². The number of aromatic hydroxyl groups is 1. The zero-order valence-electron chi connectivity index (χ0n) is 5.99. The van der Waals surface area contributed by atoms with Gasteiger partial charge in [0.1, 0.15) is 6.54 Å². The summed E-state index contributed by atoms with van der Waals surface area (Å²) in [7, 11) is 0. The van der Waals surface area contributed by atoms with Crippen LogP contribution in [0.15, 0.2) is 30.6 Å². The third kappa shape index (κ3) is 0.941. The molecule has 2 rings (SSSR count). The van der Waals surface area contributed by atoms with Crippen LogP contribution in [0.5, 0.6) is 5.75 Å². The summed E-state index contributed by atoms with van der Waals surface area (Å²) in [5.74, 6) is 1.05. The van der Waals surface area contributed by atoms with E-state index in [1.54, 1.807) is 6.07 Å². The van der Waals surface area contributed by atoms with E-state index in [-0.39, 0.29) is 5.75 Å². The quantitative estimate of drug-likeness (QED) is 0.530. The lowest BCUT2D eigenvalue weighted by Gasteiger charge is -2.07. The van der Waals surface area contributed by atoms with Crippen LogP contribution in [0.2, 0.25) is 0 Å². The van der Waals surface area contributed by atoms with Crippen LogP contribution in [-0.2, 0) is 6.54 Å². The lowest BCUT2D eigenvalue weighted by atomic mass is 10.3. The molecule has 1 aliphatic rings. The lowest BCUT2D eigenvalue weighted by molar-refractivity contribution is -0.674. The van der Waals surface area contributed by atoms with E-state index in [1.165, 1.54) is 0 Å². The number of rotatable bonds is 0. The predicted octanol–water partition coefficient (Wildman–Crippen LogP) is 0.619. The van der Waals surface area contributed by atoms with Crippen molar-refractivity contribution in [1.82, 2.24) is 0 Å². The number of hydrogen-bond donors (Lipinski definition) is 2. The SMILES string of the molecule is Oc1ccc[n+]2c1NC=CC2. The molecule has 56 valence electrons. The summed E-state index contributed by atoms with van der Waals surface area (Å²) in [6.45, 7) is 0.816. The summed E-state index contributed by atoms with van der Waals surface area (Å²) >= 11 is 0. The van der Waals surface area contributed by atoms with E-state index in [0.29, 0.717) is 0 Å². The molecular weight excluding hydrogens is 140 g/mol. The molecule has 0 saturated heterocycles. The number of hydrogen-bond acceptors (Lipinski definition) is 2. The molecule has 11 heavy (non-hydrogen) atoms. The van der Waals surface area contributed by atoms with Crippen molar-refractivity contribution < 1.29 is 9.67 Å². The molecule has 0 atom stereocenters. The monoisotopic (exact) mass is 149 g/mol. The molecule has 1 aliphatic heterocycles. The van der Waals surface area contributed by atoms with Gasteiger partial charge in [0.15, 0.2) is 0 Å². The molecule has 0 radical (unpaired) electrons. The van der Waals surface area contributed by atoms with Gasteiger partial charge in [0, 0.05) is 0 Å². The van der Waals surface area contributed by atoms with Crippen LogP contribution < -0.4 is 9.88 Å². The van der Waals surface area contributed by atoms with Crippen molar-refractivity contribution in [2.75, 3.05) is 5.32 Å². The van der Waals surface area contributed by atoms with E-state index in [4.69, 9.17) is 0 Å². The number of allylic oxidation sites excluding steroid dienone is 1. The van der Waals surface area contributed by atoms with Crippen LogP contribution >= 0.6 is 0 Å². The molecule has 0 unspecified atom stereocenters. The second-order valence-electron chi connectivity index (χ2n) is 2.44. The maximum absolute atomic E-state index is 9.34. The van der Waals surface area contributed by atoms with Crippen LogP contribution in [0, 0.1) is 0 Å². The number of anilines is 1. The van der Waals surface area contributed by atoms with E-state index in [0.717, 1.165) is 12.4 Å². The number of aromatic nitrogens is 1. The fraction of sp³-hybridized carbons (Fsp3) is 0.125. The van der Waals surface area contributed by atoms with E-state index in [2.05, 4.69) is 5.32 Å². The van der Waals surface area contributed by atoms with Gasteiger partial charge in [0.25, 0.3) is 0 Å². The van der Waals surface area contributed by atoms with Gasteiger partial charge in [-0.25, -0.2) is 9.88 Å². The lowest BCUT2D eigenvalue weighted by Crippen LogP contribution is -2.37. The third-order valence-corrected chi connectivity index (χ3v) is 1.69. The Hall–Kier alpha value is -1.51. The molecule has 1 aromatic heterocycles. The van der Waals surface area contributed by atoms with Crippen LogP contribution in [0.4, 0.5) is 5.82 Å². The minimum Gasteiger partial charge on any atom is -0.501 e. The Morgan fingerprint density at radius 3 is 3.27 bits per heavy atom. The summed E-state index contributed by atoms with van der Waals surface area (Å²) in [5.41, 5.74) is 0. The Bertz CT molecular complexity index is 307. The van der Waals surface area contributed by atoms with Crippen molar-refractivity contribution in [2.45, 2.75) is 6.54 Å². The molecule has 2 heterocycles. The zero-order valence-corrected chi connectivity index (χ0v) is 5.99. The number of pyridine rings is 1. The largest absolute Gasteiger partial charge is 0.501 e. The molecule has 0 aliphatic carbocycles. The van der Waals surface area contributed by atoms with Crippen molar-refractivity contribution in [2.24, 2.45) is 0 Å². The summed E-state index contributed by atoms with van der Waals surface area (Å²) in [6.07, 6.45) is 5.74. The highest BCUT2D eigenvalue weighted by molar-refractivity contribution is 5.46. The number of nitrogens with one attached hydrogen (secondary N) is 1. The smallest absolute Gasteiger partial charge is 0.322 e. The van der Waals surface area contributed by atoms with E-state index in [9.17, 15) is 5.11 Å². The average Bonchev–Trinajstić information content (AvgIpc) is 2.06. The molecule has 0 fully saturated rings. The highest BCUT2D eigenvalue weighted by atomic mass is 16.3. The Morgan fingerprint density at radius 1 is 1.55 bits per heavy atom. The predicted molar refractivity (Wildman–Crippen MR) is 41.1 cm³/mol. The van der Waals surface area contributed by atoms with E-state index < -0.39 is 0 Å². The van der Waals surface area contributed by atoms with Crippen molar-refractivity contribution in [3.8, 4) is 5.75 Å². The molecule has 0 saturated carbocycles. The fourth-order valence-electron chi connectivity index (χ4n) is 1.15. The zero-order chi connectivity index (χ0) is 7.68. The minimum atomic E-state index is 0.289. The Balaban J connectivity index is 2.54. The van der Waals surface area contributed by atoms with Gasteiger partial charge in [-0.2, -0.15) is 0 Å². The second kappa shape index (κ2) is 2.27. The molecular formula is C8H9N2O+. The highest BCUT2D eigenvalue weighted by Crippen LogP contribution is 2.18. The molecule has 2 N–H and O–H groups in total. The van der Waals surface area contributed by atoms with Crippen LogP contribution in [0.25, 0.3) is 0 Å². The topological polar surface area (TPSA) is 36.1 Å². The van der Waals surface area contributed by atoms with Crippen molar-refractivity contribution in [3.63, 3.8) is 0 Å². The first-order chi connectivity index (χ1) is 5.38. The molecule has 3 nitrogen and oxygen atoms in total. The Kier molecular flexibility index (Phi) is 1.28. The van der Waals surface area contributed by atoms with Crippen molar-refractivity contribution in [1.29, 1.82) is 0 Å². The van der Waals surface area contributed by atoms with Gasteiger partial charge in [-0.3, -0.25) is 0 Å². The molecule has 3 heteroatoms. The van der Waals surface area contributed by atoms with Crippen LogP contribution in [-0.4, -0.2) is 5.11 Å². The van der Waals surface area contributed by atoms with Gasteiger partial charge in [-0.1, -0.05) is 0 Å². The minimum absolute atomic E-state index is 0.289. The molecule has 1 aromatic rings. The van der Waals surface area contributed by atoms with E-state index >= 15 is 0 Å². The van der Waals surface area contributed by atoms with Crippen molar-refractivity contribution >= 4 is 5.82 Å². The second-order valence-corrected chi connectivity index (χ2v) is 2.44. The number of nitrogens with zero attached hydrogens (tertiary/aromatic N) is 1. The molecule has 0 spiro atoms. The van der Waals surface area contributed by atoms with E-state index in [1.807, 2.05) is 29.1 Å². The maximum Gasteiger partial charge on any atom is 0.322 e. The highest BCUT2D eigenvalue weighted by Gasteiger charge is 2.14. The summed E-state index contributed by atoms with van der Waals surface area (Å²) in [4.78, 5) is 0. The molecule has 0 amide bonds. The molecule has 0 aromatic carbocycles. The first kappa shape index (κ1) is 6.22. The first-order valence-electron chi connectivity index (χ1n) is 3.51. The summed E-state index contributed by atoms with van der Waals surface area (Å²) in [6, 6.07) is 3.48. The normalized spacial score (nSPS) is 13.8. The van der Waals surface area contributed by atoms with Gasteiger partial charge < -0.3 is 5.11 Å². The van der Waals surface area contributed by atoms with Crippen LogP contribution in [0.1, 0.15) is 0 Å². The van der Waals surface area contributed by atoms with Gasteiger partial charge in [0.05, 0.1) is 12.4 Å². The van der Waals surface area contributed by atoms with Crippen LogP contribution in [0.3, 0.4) is 0 Å². The van der Waals surface area contributed by atoms with Gasteiger partial charge >= 0.3 is 5.82 Å². The first-order valence-corrected chi connectivity index (χ1v) is 3.51. The van der Waals surface area contributed by atoms with Gasteiger partial charge in [-0.15, -0.1) is 0 Å². The number of fused-ring (bicyclic) bond motifs is 1. The maximum atomic E-state index is 9.34. The summed E-state index contributed by atoms with van der Waals surface area (Å²) in [5, 5.41) is 12.3. The molecule has 0 bridgehead atoms. The third-order valence-electron chi connectivity index (χ3n) is 1.69. The fourth-order valence-corrected chi connectivity index (χ4v) is 1.15. The van der Waals surface area contributed by atoms with Gasteiger partial charge in [-0.05, 0) is 18.2 Å². The average molecular weight is 149 g/mol. The van der Waals surface area contributed by atoms with Crippen molar-refractivity contribution in [3.05, 3.63) is 30.6 Å². The standard InChI is InChI=1S/C8H8N2O/c11-7-3-1-5-10-6-2-4-9-8(7)10/h1-5,11H,6H2/p+1. The Morgan fingerprint density at radius 2 is 2.45 bits per heavy atom. The summed E-state index contributed by atoms with van der Waals surface area (Å²) < 4.78 is 1.94.